The average Bonchev–Trinajstić information content (AvgIpc) is 2.61. The standard InChI is InChI=1S/C17H17F3N4O/c1-12-2-4-13(5-3-12)14-6-7-15(22-21-14)23-8-10-24(11-9-23)16(25)17(18,19)20/h2-7H,8-11H2,1H3. The lowest BCUT2D eigenvalue weighted by atomic mass is 10.1. The lowest BCUT2D eigenvalue weighted by Gasteiger charge is -2.35. The molecule has 2 heterocycles. The van der Waals surface area contributed by atoms with Gasteiger partial charge in [-0.15, -0.1) is 10.2 Å². The monoisotopic (exact) mass is 350 g/mol. The first-order chi connectivity index (χ1) is 11.8. The summed E-state index contributed by atoms with van der Waals surface area (Å²) < 4.78 is 37.4. The Morgan fingerprint density at radius 1 is 0.960 bits per heavy atom. The molecule has 0 radical (unpaired) electrons. The maximum atomic E-state index is 12.5. The number of anilines is 1. The fourth-order valence-electron chi connectivity index (χ4n) is 2.69. The van der Waals surface area contributed by atoms with Crippen LogP contribution in [0.2, 0.25) is 0 Å². The van der Waals surface area contributed by atoms with E-state index in [-0.39, 0.29) is 13.1 Å². The summed E-state index contributed by atoms with van der Waals surface area (Å²) in [6.45, 7) is 2.61. The number of hydrogen-bond donors (Lipinski definition) is 0. The third-order valence-corrected chi connectivity index (χ3v) is 4.13. The molecule has 0 spiro atoms. The number of alkyl halides is 3. The number of carbonyl (C=O) groups is 1. The van der Waals surface area contributed by atoms with Gasteiger partial charge in [-0.3, -0.25) is 4.79 Å². The fourth-order valence-corrected chi connectivity index (χ4v) is 2.69. The van der Waals surface area contributed by atoms with Crippen molar-refractivity contribution in [3.63, 3.8) is 0 Å². The number of aromatic nitrogens is 2. The van der Waals surface area contributed by atoms with Gasteiger partial charge < -0.3 is 9.80 Å². The number of piperazine rings is 1. The van der Waals surface area contributed by atoms with Gasteiger partial charge in [0.1, 0.15) is 0 Å². The van der Waals surface area contributed by atoms with Crippen molar-refractivity contribution in [2.24, 2.45) is 0 Å². The number of hydrogen-bond acceptors (Lipinski definition) is 4. The highest BCUT2D eigenvalue weighted by Crippen LogP contribution is 2.22. The second kappa shape index (κ2) is 6.70. The molecule has 3 rings (SSSR count). The van der Waals surface area contributed by atoms with E-state index >= 15 is 0 Å². The topological polar surface area (TPSA) is 49.3 Å². The highest BCUT2D eigenvalue weighted by molar-refractivity contribution is 5.82. The molecule has 1 aromatic carbocycles. The van der Waals surface area contributed by atoms with Gasteiger partial charge in [0.05, 0.1) is 5.69 Å². The normalized spacial score (nSPS) is 15.4. The van der Waals surface area contributed by atoms with Crippen molar-refractivity contribution >= 4 is 11.7 Å². The van der Waals surface area contributed by atoms with Gasteiger partial charge in [-0.05, 0) is 19.1 Å². The summed E-state index contributed by atoms with van der Waals surface area (Å²) in [5.74, 6) is -1.19. The molecule has 1 aliphatic rings. The summed E-state index contributed by atoms with van der Waals surface area (Å²) >= 11 is 0. The van der Waals surface area contributed by atoms with Crippen LogP contribution >= 0.6 is 0 Å². The SMILES string of the molecule is Cc1ccc(-c2ccc(N3CCN(C(=O)C(F)(F)F)CC3)nn2)cc1. The maximum Gasteiger partial charge on any atom is 0.471 e. The molecule has 0 saturated carbocycles. The van der Waals surface area contributed by atoms with Crippen LogP contribution in [0.5, 0.6) is 0 Å². The van der Waals surface area contributed by atoms with Crippen LogP contribution in [-0.2, 0) is 4.79 Å². The zero-order valence-electron chi connectivity index (χ0n) is 13.6. The van der Waals surface area contributed by atoms with Crippen molar-refractivity contribution in [3.05, 3.63) is 42.0 Å². The lowest BCUT2D eigenvalue weighted by molar-refractivity contribution is -0.185. The van der Waals surface area contributed by atoms with Gasteiger partial charge in [-0.1, -0.05) is 29.8 Å². The number of benzene rings is 1. The molecular formula is C17H17F3N4O. The van der Waals surface area contributed by atoms with E-state index in [4.69, 9.17) is 0 Å². The van der Waals surface area contributed by atoms with Crippen molar-refractivity contribution in [3.8, 4) is 11.3 Å². The summed E-state index contributed by atoms with van der Waals surface area (Å²) in [5, 5.41) is 8.37. The molecule has 0 N–H and O–H groups in total. The minimum absolute atomic E-state index is 0.0136. The number of nitrogens with zero attached hydrogens (tertiary/aromatic N) is 4. The smallest absolute Gasteiger partial charge is 0.352 e. The van der Waals surface area contributed by atoms with Gasteiger partial charge >= 0.3 is 12.1 Å². The molecule has 1 saturated heterocycles. The molecule has 8 heteroatoms. The molecule has 5 nitrogen and oxygen atoms in total. The first-order valence-corrected chi connectivity index (χ1v) is 7.86. The Hall–Kier alpha value is -2.64. The van der Waals surface area contributed by atoms with E-state index < -0.39 is 12.1 Å². The van der Waals surface area contributed by atoms with Crippen LogP contribution in [0.4, 0.5) is 19.0 Å². The summed E-state index contributed by atoms with van der Waals surface area (Å²) in [6, 6.07) is 11.5. The zero-order valence-corrected chi connectivity index (χ0v) is 13.6. The Kier molecular flexibility index (Phi) is 4.61. The van der Waals surface area contributed by atoms with E-state index in [1.54, 1.807) is 6.07 Å². The number of amides is 1. The molecule has 0 unspecified atom stereocenters. The molecule has 2 aromatic rings. The van der Waals surface area contributed by atoms with E-state index in [1.165, 1.54) is 0 Å². The number of halogens is 3. The van der Waals surface area contributed by atoms with Gasteiger partial charge in [0.2, 0.25) is 0 Å². The van der Waals surface area contributed by atoms with Gasteiger partial charge in [0, 0.05) is 31.7 Å². The number of rotatable bonds is 2. The Balaban J connectivity index is 1.64. The van der Waals surface area contributed by atoms with E-state index in [2.05, 4.69) is 10.2 Å². The van der Waals surface area contributed by atoms with Crippen LogP contribution < -0.4 is 4.90 Å². The zero-order chi connectivity index (χ0) is 18.0. The van der Waals surface area contributed by atoms with Crippen molar-refractivity contribution in [1.82, 2.24) is 15.1 Å². The van der Waals surface area contributed by atoms with Crippen LogP contribution in [0.25, 0.3) is 11.3 Å². The largest absolute Gasteiger partial charge is 0.471 e. The van der Waals surface area contributed by atoms with E-state index in [0.29, 0.717) is 18.9 Å². The van der Waals surface area contributed by atoms with Crippen molar-refractivity contribution < 1.29 is 18.0 Å². The Labute approximate surface area is 143 Å². The third kappa shape index (κ3) is 3.89. The van der Waals surface area contributed by atoms with Gasteiger partial charge in [0.15, 0.2) is 5.82 Å². The lowest BCUT2D eigenvalue weighted by Crippen LogP contribution is -2.52. The average molecular weight is 350 g/mol. The predicted molar refractivity (Wildman–Crippen MR) is 87.1 cm³/mol. The van der Waals surface area contributed by atoms with Gasteiger partial charge in [-0.2, -0.15) is 13.2 Å². The van der Waals surface area contributed by atoms with E-state index in [9.17, 15) is 18.0 Å². The first-order valence-electron chi connectivity index (χ1n) is 7.86. The summed E-state index contributed by atoms with van der Waals surface area (Å²) in [6.07, 6.45) is -4.82. The van der Waals surface area contributed by atoms with Crippen LogP contribution in [0.15, 0.2) is 36.4 Å². The molecule has 25 heavy (non-hydrogen) atoms. The number of aryl methyl sites for hydroxylation is 1. The fraction of sp³-hybridized carbons (Fsp3) is 0.353. The molecule has 1 amide bonds. The second-order valence-corrected chi connectivity index (χ2v) is 5.92. The molecular weight excluding hydrogens is 333 g/mol. The molecule has 132 valence electrons. The summed E-state index contributed by atoms with van der Waals surface area (Å²) in [4.78, 5) is 13.9. The highest BCUT2D eigenvalue weighted by Gasteiger charge is 2.43. The molecule has 0 aliphatic carbocycles. The Bertz CT molecular complexity index is 736. The summed E-state index contributed by atoms with van der Waals surface area (Å²) in [7, 11) is 0. The van der Waals surface area contributed by atoms with E-state index in [0.717, 1.165) is 21.7 Å². The Morgan fingerprint density at radius 3 is 2.12 bits per heavy atom. The molecule has 0 atom stereocenters. The minimum atomic E-state index is -4.82. The van der Waals surface area contributed by atoms with Gasteiger partial charge in [-0.25, -0.2) is 0 Å². The van der Waals surface area contributed by atoms with Crippen LogP contribution in [0.3, 0.4) is 0 Å². The molecule has 1 aromatic heterocycles. The quantitative estimate of drug-likeness (QED) is 0.836. The molecule has 1 fully saturated rings. The first kappa shape index (κ1) is 17.2. The van der Waals surface area contributed by atoms with Crippen molar-refractivity contribution in [1.29, 1.82) is 0 Å². The van der Waals surface area contributed by atoms with E-state index in [1.807, 2.05) is 42.2 Å². The van der Waals surface area contributed by atoms with Crippen molar-refractivity contribution in [2.45, 2.75) is 13.1 Å². The van der Waals surface area contributed by atoms with Crippen LogP contribution in [0.1, 0.15) is 5.56 Å². The summed E-state index contributed by atoms with van der Waals surface area (Å²) in [5.41, 5.74) is 2.83. The Morgan fingerprint density at radius 2 is 1.60 bits per heavy atom. The molecule has 0 bridgehead atoms. The second-order valence-electron chi connectivity index (χ2n) is 5.92. The number of carbonyl (C=O) groups excluding carboxylic acids is 1. The van der Waals surface area contributed by atoms with Crippen LogP contribution in [0, 0.1) is 6.92 Å². The highest BCUT2D eigenvalue weighted by atomic mass is 19.4. The van der Waals surface area contributed by atoms with Crippen molar-refractivity contribution in [2.75, 3.05) is 31.1 Å². The molecule has 1 aliphatic heterocycles. The van der Waals surface area contributed by atoms with Gasteiger partial charge in [0.25, 0.3) is 0 Å². The van der Waals surface area contributed by atoms with Crippen LogP contribution in [-0.4, -0.2) is 53.4 Å². The third-order valence-electron chi connectivity index (χ3n) is 4.13. The maximum absolute atomic E-state index is 12.5. The predicted octanol–water partition coefficient (Wildman–Crippen LogP) is 2.66. The minimum Gasteiger partial charge on any atom is -0.352 e.